The van der Waals surface area contributed by atoms with Crippen LogP contribution in [0, 0.1) is 5.92 Å². The fourth-order valence-electron chi connectivity index (χ4n) is 2.53. The number of carbonyl (C=O) groups is 1. The summed E-state index contributed by atoms with van der Waals surface area (Å²) in [6, 6.07) is 5.65. The summed E-state index contributed by atoms with van der Waals surface area (Å²) >= 11 is 3.42. The molecular formula is C16H26BrClN2O2. The van der Waals surface area contributed by atoms with E-state index in [1.165, 1.54) is 0 Å². The fraction of sp³-hybridized carbons (Fsp3) is 0.562. The lowest BCUT2D eigenvalue weighted by molar-refractivity contribution is -0.122. The van der Waals surface area contributed by atoms with E-state index in [2.05, 4.69) is 35.1 Å². The molecule has 0 aromatic heterocycles. The van der Waals surface area contributed by atoms with Gasteiger partial charge in [0, 0.05) is 22.1 Å². The van der Waals surface area contributed by atoms with E-state index in [1.807, 2.05) is 25.1 Å². The van der Waals surface area contributed by atoms with Crippen LogP contribution in [0.15, 0.2) is 22.7 Å². The molecule has 1 amide bonds. The maximum absolute atomic E-state index is 12.3. The summed E-state index contributed by atoms with van der Waals surface area (Å²) in [5.74, 6) is 1.14. The van der Waals surface area contributed by atoms with Gasteiger partial charge in [-0.05, 0) is 37.5 Å². The monoisotopic (exact) mass is 392 g/mol. The van der Waals surface area contributed by atoms with Crippen molar-refractivity contribution in [3.05, 3.63) is 28.2 Å². The standard InChI is InChI=1S/C16H25BrN2O2.ClH/c1-11(2)9-16(3,10-18)19-15(20)8-12-7-13(17)5-6-14(12)21-4;/h5-7,11H,8-10,18H2,1-4H3,(H,19,20);1H. The number of rotatable bonds is 7. The average Bonchev–Trinajstić information content (AvgIpc) is 2.37. The van der Waals surface area contributed by atoms with Crippen LogP contribution < -0.4 is 15.8 Å². The largest absolute Gasteiger partial charge is 0.496 e. The van der Waals surface area contributed by atoms with E-state index >= 15 is 0 Å². The molecule has 4 nitrogen and oxygen atoms in total. The van der Waals surface area contributed by atoms with Crippen LogP contribution in [0.25, 0.3) is 0 Å². The molecule has 1 aromatic rings. The van der Waals surface area contributed by atoms with Crippen LogP contribution in [-0.2, 0) is 11.2 Å². The number of benzene rings is 1. The molecule has 6 heteroatoms. The smallest absolute Gasteiger partial charge is 0.225 e. The van der Waals surface area contributed by atoms with Gasteiger partial charge in [-0.15, -0.1) is 12.4 Å². The zero-order valence-electron chi connectivity index (χ0n) is 13.6. The van der Waals surface area contributed by atoms with Crippen molar-refractivity contribution in [1.82, 2.24) is 5.32 Å². The lowest BCUT2D eigenvalue weighted by Crippen LogP contribution is -2.52. The van der Waals surface area contributed by atoms with Crippen molar-refractivity contribution in [3.63, 3.8) is 0 Å². The van der Waals surface area contributed by atoms with Gasteiger partial charge in [0.05, 0.1) is 13.5 Å². The Morgan fingerprint density at radius 2 is 2.09 bits per heavy atom. The lowest BCUT2D eigenvalue weighted by Gasteiger charge is -2.31. The van der Waals surface area contributed by atoms with Crippen molar-refractivity contribution in [2.24, 2.45) is 11.7 Å². The first-order chi connectivity index (χ1) is 9.79. The summed E-state index contributed by atoms with van der Waals surface area (Å²) in [4.78, 5) is 12.3. The minimum Gasteiger partial charge on any atom is -0.496 e. The second-order valence-corrected chi connectivity index (χ2v) is 6.96. The molecule has 0 aliphatic rings. The highest BCUT2D eigenvalue weighted by Crippen LogP contribution is 2.24. The van der Waals surface area contributed by atoms with Crippen molar-refractivity contribution in [2.75, 3.05) is 13.7 Å². The molecule has 0 saturated carbocycles. The molecular weight excluding hydrogens is 368 g/mol. The van der Waals surface area contributed by atoms with Crippen molar-refractivity contribution in [2.45, 2.75) is 39.2 Å². The number of amides is 1. The van der Waals surface area contributed by atoms with Crippen molar-refractivity contribution in [3.8, 4) is 5.75 Å². The predicted octanol–water partition coefficient (Wildman–Crippen LogP) is 3.30. The van der Waals surface area contributed by atoms with E-state index in [0.29, 0.717) is 18.2 Å². The molecule has 3 N–H and O–H groups in total. The molecule has 0 spiro atoms. The SMILES string of the molecule is COc1ccc(Br)cc1CC(=O)NC(C)(CN)CC(C)C.Cl. The van der Waals surface area contributed by atoms with Gasteiger partial charge >= 0.3 is 0 Å². The summed E-state index contributed by atoms with van der Waals surface area (Å²) in [6.45, 7) is 6.66. The molecule has 0 radical (unpaired) electrons. The molecule has 1 aromatic carbocycles. The Labute approximate surface area is 147 Å². The van der Waals surface area contributed by atoms with E-state index in [4.69, 9.17) is 10.5 Å². The Hall–Kier alpha value is -0.780. The third-order valence-corrected chi connectivity index (χ3v) is 3.84. The average molecular weight is 394 g/mol. The van der Waals surface area contributed by atoms with E-state index in [1.54, 1.807) is 7.11 Å². The van der Waals surface area contributed by atoms with E-state index in [9.17, 15) is 4.79 Å². The quantitative estimate of drug-likeness (QED) is 0.747. The van der Waals surface area contributed by atoms with Gasteiger partial charge in [-0.2, -0.15) is 0 Å². The maximum Gasteiger partial charge on any atom is 0.225 e. The lowest BCUT2D eigenvalue weighted by atomic mass is 9.90. The number of ether oxygens (including phenoxy) is 1. The van der Waals surface area contributed by atoms with Crippen LogP contribution in [0.2, 0.25) is 0 Å². The molecule has 1 atom stereocenters. The zero-order chi connectivity index (χ0) is 16.0. The van der Waals surface area contributed by atoms with E-state index in [-0.39, 0.29) is 30.3 Å². The van der Waals surface area contributed by atoms with Crippen LogP contribution in [-0.4, -0.2) is 25.1 Å². The predicted molar refractivity (Wildman–Crippen MR) is 96.7 cm³/mol. The number of nitrogens with two attached hydrogens (primary N) is 1. The second kappa shape index (κ2) is 9.38. The second-order valence-electron chi connectivity index (χ2n) is 6.04. The number of nitrogens with one attached hydrogen (secondary N) is 1. The minimum absolute atomic E-state index is 0. The fourth-order valence-corrected chi connectivity index (χ4v) is 2.93. The summed E-state index contributed by atoms with van der Waals surface area (Å²) in [7, 11) is 1.60. The summed E-state index contributed by atoms with van der Waals surface area (Å²) in [5, 5.41) is 3.06. The van der Waals surface area contributed by atoms with Crippen molar-refractivity contribution < 1.29 is 9.53 Å². The first-order valence-electron chi connectivity index (χ1n) is 7.13. The topological polar surface area (TPSA) is 64.3 Å². The molecule has 1 rings (SSSR count). The highest BCUT2D eigenvalue weighted by Gasteiger charge is 2.26. The highest BCUT2D eigenvalue weighted by atomic mass is 79.9. The molecule has 22 heavy (non-hydrogen) atoms. The number of hydrogen-bond donors (Lipinski definition) is 2. The molecule has 0 aliphatic heterocycles. The Morgan fingerprint density at radius 3 is 2.59 bits per heavy atom. The van der Waals surface area contributed by atoms with Gasteiger partial charge in [-0.1, -0.05) is 29.8 Å². The number of carbonyl (C=O) groups excluding carboxylic acids is 1. The molecule has 0 saturated heterocycles. The van der Waals surface area contributed by atoms with Crippen LogP contribution in [0.5, 0.6) is 5.75 Å². The summed E-state index contributed by atoms with van der Waals surface area (Å²) in [6.07, 6.45) is 1.13. The first kappa shape index (κ1) is 21.2. The molecule has 126 valence electrons. The minimum atomic E-state index is -0.371. The van der Waals surface area contributed by atoms with Crippen LogP contribution >= 0.6 is 28.3 Å². The van der Waals surface area contributed by atoms with Crippen LogP contribution in [0.4, 0.5) is 0 Å². The Kier molecular flexibility index (Phi) is 9.05. The normalized spacial score (nSPS) is 13.2. The Bertz CT molecular complexity index is 497. The van der Waals surface area contributed by atoms with Crippen LogP contribution in [0.3, 0.4) is 0 Å². The van der Waals surface area contributed by atoms with Gasteiger partial charge in [0.2, 0.25) is 5.91 Å². The third kappa shape index (κ3) is 6.55. The van der Waals surface area contributed by atoms with Gasteiger partial charge < -0.3 is 15.8 Å². The number of methoxy groups -OCH3 is 1. The van der Waals surface area contributed by atoms with Gasteiger partial charge in [-0.3, -0.25) is 4.79 Å². The molecule has 0 heterocycles. The summed E-state index contributed by atoms with van der Waals surface area (Å²) < 4.78 is 6.22. The van der Waals surface area contributed by atoms with Gasteiger partial charge in [0.25, 0.3) is 0 Å². The summed E-state index contributed by atoms with van der Waals surface area (Å²) in [5.41, 5.74) is 6.31. The Balaban J connectivity index is 0.00000441. The molecule has 0 aliphatic carbocycles. The number of halogens is 2. The zero-order valence-corrected chi connectivity index (χ0v) is 16.0. The van der Waals surface area contributed by atoms with Crippen molar-refractivity contribution >= 4 is 34.2 Å². The van der Waals surface area contributed by atoms with E-state index in [0.717, 1.165) is 16.5 Å². The highest BCUT2D eigenvalue weighted by molar-refractivity contribution is 9.10. The van der Waals surface area contributed by atoms with Crippen molar-refractivity contribution in [1.29, 1.82) is 0 Å². The van der Waals surface area contributed by atoms with Gasteiger partial charge in [0.1, 0.15) is 5.75 Å². The molecule has 0 fully saturated rings. The van der Waals surface area contributed by atoms with Gasteiger partial charge in [-0.25, -0.2) is 0 Å². The molecule has 0 bridgehead atoms. The number of hydrogen-bond acceptors (Lipinski definition) is 3. The Morgan fingerprint density at radius 1 is 1.45 bits per heavy atom. The van der Waals surface area contributed by atoms with E-state index < -0.39 is 0 Å². The van der Waals surface area contributed by atoms with Crippen LogP contribution in [0.1, 0.15) is 32.8 Å². The molecule has 1 unspecified atom stereocenters. The maximum atomic E-state index is 12.3. The third-order valence-electron chi connectivity index (χ3n) is 3.34. The first-order valence-corrected chi connectivity index (χ1v) is 7.92. The van der Waals surface area contributed by atoms with Gasteiger partial charge in [0.15, 0.2) is 0 Å².